The van der Waals surface area contributed by atoms with Gasteiger partial charge in [0.1, 0.15) is 6.07 Å². The highest BCUT2D eigenvalue weighted by molar-refractivity contribution is 6.15. The molecular weight excluding hydrogens is 697 g/mol. The summed E-state index contributed by atoms with van der Waals surface area (Å²) >= 11 is 0. The number of aromatic nitrogens is 3. The SMILES string of the molecule is N#Cc1ccc2c(c1)c1ccccc1n2-c1ccc(-c2ccc(-n3c4ccccc4c4cc(C#N)cc(-n5c6ccccc6c6ccccc65)c43)cc2)cc1C#N. The van der Waals surface area contributed by atoms with E-state index in [4.69, 9.17) is 0 Å². The predicted octanol–water partition coefficient (Wildman–Crippen LogP) is 12.3. The zero-order valence-electron chi connectivity index (χ0n) is 30.3. The van der Waals surface area contributed by atoms with Crippen molar-refractivity contribution in [3.63, 3.8) is 0 Å². The molecule has 0 atom stereocenters. The van der Waals surface area contributed by atoms with Crippen molar-refractivity contribution in [1.82, 2.24) is 13.7 Å². The van der Waals surface area contributed by atoms with Gasteiger partial charge in [-0.1, -0.05) is 91.0 Å². The van der Waals surface area contributed by atoms with E-state index in [1.54, 1.807) is 0 Å². The molecule has 6 heteroatoms. The van der Waals surface area contributed by atoms with Crippen LogP contribution >= 0.6 is 0 Å². The quantitative estimate of drug-likeness (QED) is 0.181. The van der Waals surface area contributed by atoms with Crippen LogP contribution in [-0.2, 0) is 0 Å². The Morgan fingerprint density at radius 3 is 1.42 bits per heavy atom. The fraction of sp³-hybridized carbons (Fsp3) is 0. The number of nitriles is 3. The van der Waals surface area contributed by atoms with E-state index < -0.39 is 0 Å². The Balaban J connectivity index is 1.09. The monoisotopic (exact) mass is 724 g/mol. The van der Waals surface area contributed by atoms with E-state index in [0.717, 1.165) is 93.6 Å². The molecule has 11 rings (SSSR count). The summed E-state index contributed by atoms with van der Waals surface area (Å²) in [4.78, 5) is 0. The van der Waals surface area contributed by atoms with Gasteiger partial charge in [-0.3, -0.25) is 0 Å². The molecule has 0 aliphatic carbocycles. The molecule has 3 aromatic heterocycles. The van der Waals surface area contributed by atoms with E-state index in [1.165, 1.54) is 0 Å². The Morgan fingerprint density at radius 2 is 0.825 bits per heavy atom. The minimum atomic E-state index is 0.551. The van der Waals surface area contributed by atoms with Crippen molar-refractivity contribution in [2.45, 2.75) is 0 Å². The maximum atomic E-state index is 10.5. The number of para-hydroxylation sites is 4. The first-order valence-corrected chi connectivity index (χ1v) is 18.7. The Labute approximate surface area is 326 Å². The van der Waals surface area contributed by atoms with Crippen LogP contribution in [0.15, 0.2) is 170 Å². The molecule has 0 amide bonds. The van der Waals surface area contributed by atoms with Gasteiger partial charge in [-0.05, 0) is 90.0 Å². The largest absolute Gasteiger partial charge is 0.308 e. The molecule has 0 bridgehead atoms. The van der Waals surface area contributed by atoms with Gasteiger partial charge in [0.05, 0.1) is 73.3 Å². The summed E-state index contributed by atoms with van der Waals surface area (Å²) in [6.45, 7) is 0. The highest BCUT2D eigenvalue weighted by atomic mass is 15.1. The summed E-state index contributed by atoms with van der Waals surface area (Å²) in [5, 5.41) is 36.8. The molecule has 262 valence electrons. The van der Waals surface area contributed by atoms with Crippen LogP contribution in [0.1, 0.15) is 16.7 Å². The van der Waals surface area contributed by atoms with Gasteiger partial charge in [0.15, 0.2) is 0 Å². The molecule has 0 unspecified atom stereocenters. The molecule has 57 heavy (non-hydrogen) atoms. The molecule has 0 N–H and O–H groups in total. The number of rotatable bonds is 4. The molecule has 8 aromatic carbocycles. The van der Waals surface area contributed by atoms with Crippen LogP contribution in [0.3, 0.4) is 0 Å². The molecular formula is C51H28N6. The minimum Gasteiger partial charge on any atom is -0.308 e. The molecule has 0 fully saturated rings. The normalized spacial score (nSPS) is 11.5. The third-order valence-corrected chi connectivity index (χ3v) is 11.3. The highest BCUT2D eigenvalue weighted by Gasteiger charge is 2.22. The zero-order valence-corrected chi connectivity index (χ0v) is 30.3. The first-order chi connectivity index (χ1) is 28.1. The van der Waals surface area contributed by atoms with Gasteiger partial charge < -0.3 is 13.7 Å². The van der Waals surface area contributed by atoms with E-state index in [-0.39, 0.29) is 0 Å². The lowest BCUT2D eigenvalue weighted by Crippen LogP contribution is -2.01. The van der Waals surface area contributed by atoms with Crippen LogP contribution in [0.2, 0.25) is 0 Å². The third kappa shape index (κ3) is 4.68. The summed E-state index contributed by atoms with van der Waals surface area (Å²) in [6.07, 6.45) is 0. The second-order valence-corrected chi connectivity index (χ2v) is 14.3. The Morgan fingerprint density at radius 1 is 0.333 bits per heavy atom. The fourth-order valence-electron chi connectivity index (χ4n) is 8.87. The van der Waals surface area contributed by atoms with E-state index in [9.17, 15) is 15.8 Å². The van der Waals surface area contributed by atoms with Crippen LogP contribution in [0.5, 0.6) is 0 Å². The predicted molar refractivity (Wildman–Crippen MR) is 229 cm³/mol. The van der Waals surface area contributed by atoms with Crippen LogP contribution in [-0.4, -0.2) is 13.7 Å². The van der Waals surface area contributed by atoms with Crippen LogP contribution in [0, 0.1) is 34.0 Å². The lowest BCUT2D eigenvalue weighted by Gasteiger charge is -2.15. The van der Waals surface area contributed by atoms with Gasteiger partial charge in [-0.2, -0.15) is 15.8 Å². The topological polar surface area (TPSA) is 86.2 Å². The summed E-state index contributed by atoms with van der Waals surface area (Å²) in [5.74, 6) is 0. The molecule has 0 saturated heterocycles. The minimum absolute atomic E-state index is 0.551. The molecule has 3 heterocycles. The first kappa shape index (κ1) is 32.1. The van der Waals surface area contributed by atoms with Crippen molar-refractivity contribution in [2.24, 2.45) is 0 Å². The second-order valence-electron chi connectivity index (χ2n) is 14.3. The van der Waals surface area contributed by atoms with E-state index in [2.05, 4.69) is 141 Å². The number of fused-ring (bicyclic) bond motifs is 9. The van der Waals surface area contributed by atoms with Crippen LogP contribution in [0.25, 0.3) is 93.6 Å². The number of hydrogen-bond acceptors (Lipinski definition) is 3. The maximum Gasteiger partial charge on any atom is 0.101 e. The van der Waals surface area contributed by atoms with Gasteiger partial charge in [-0.25, -0.2) is 0 Å². The van der Waals surface area contributed by atoms with E-state index >= 15 is 0 Å². The molecule has 0 spiro atoms. The van der Waals surface area contributed by atoms with Crippen LogP contribution in [0.4, 0.5) is 0 Å². The second kappa shape index (κ2) is 12.3. The summed E-state index contributed by atoms with van der Waals surface area (Å²) in [5.41, 5.74) is 12.5. The average Bonchev–Trinajstić information content (AvgIpc) is 3.91. The van der Waals surface area contributed by atoms with Crippen molar-refractivity contribution >= 4 is 65.4 Å². The Kier molecular flexibility index (Phi) is 6.95. The van der Waals surface area contributed by atoms with Crippen molar-refractivity contribution in [2.75, 3.05) is 0 Å². The standard InChI is InChI=1S/C51H28N6/c52-29-32-17-23-49-42(25-32)40-11-3-8-16-48(40)56(49)44-24-20-35(28-36(44)31-54)34-18-21-37(22-19-34)55-45-13-5-4-12-41(45)43-26-33(30-53)27-50(51(43)55)57-46-14-6-1-9-38(46)39-10-2-7-15-47(39)57/h1-28H. The molecule has 6 nitrogen and oxygen atoms in total. The summed E-state index contributed by atoms with van der Waals surface area (Å²) in [6, 6.07) is 64.8. The molecule has 0 aliphatic heterocycles. The molecule has 0 radical (unpaired) electrons. The highest BCUT2D eigenvalue weighted by Crippen LogP contribution is 2.41. The number of benzene rings is 8. The summed E-state index contributed by atoms with van der Waals surface area (Å²) < 4.78 is 6.71. The lowest BCUT2D eigenvalue weighted by molar-refractivity contribution is 1.13. The third-order valence-electron chi connectivity index (χ3n) is 11.3. The number of nitrogens with zero attached hydrogens (tertiary/aromatic N) is 6. The van der Waals surface area contributed by atoms with Gasteiger partial charge in [-0.15, -0.1) is 0 Å². The molecule has 0 aliphatic rings. The first-order valence-electron chi connectivity index (χ1n) is 18.7. The van der Waals surface area contributed by atoms with E-state index in [0.29, 0.717) is 16.7 Å². The Bertz CT molecular complexity index is 3560. The van der Waals surface area contributed by atoms with Gasteiger partial charge >= 0.3 is 0 Å². The Hall–Kier alpha value is -8.37. The van der Waals surface area contributed by atoms with Gasteiger partial charge in [0.2, 0.25) is 0 Å². The van der Waals surface area contributed by atoms with Crippen molar-refractivity contribution in [3.05, 3.63) is 187 Å². The van der Waals surface area contributed by atoms with Crippen molar-refractivity contribution in [3.8, 4) is 46.4 Å². The molecule has 11 aromatic rings. The lowest BCUT2D eigenvalue weighted by atomic mass is 10.0. The summed E-state index contributed by atoms with van der Waals surface area (Å²) in [7, 11) is 0. The van der Waals surface area contributed by atoms with Crippen molar-refractivity contribution < 1.29 is 0 Å². The average molecular weight is 725 g/mol. The maximum absolute atomic E-state index is 10.5. The van der Waals surface area contributed by atoms with E-state index in [1.807, 2.05) is 60.7 Å². The fourth-order valence-corrected chi connectivity index (χ4v) is 8.87. The van der Waals surface area contributed by atoms with Gasteiger partial charge in [0.25, 0.3) is 0 Å². The van der Waals surface area contributed by atoms with Crippen molar-refractivity contribution in [1.29, 1.82) is 15.8 Å². The van der Waals surface area contributed by atoms with Gasteiger partial charge in [0, 0.05) is 38.0 Å². The number of hydrogen-bond donors (Lipinski definition) is 0. The zero-order chi connectivity index (χ0) is 38.2. The van der Waals surface area contributed by atoms with Crippen LogP contribution < -0.4 is 0 Å². The smallest absolute Gasteiger partial charge is 0.101 e. The molecule has 0 saturated carbocycles.